The van der Waals surface area contributed by atoms with Crippen molar-refractivity contribution >= 4 is 17.6 Å². The van der Waals surface area contributed by atoms with Crippen molar-refractivity contribution in [1.82, 2.24) is 0 Å². The van der Waals surface area contributed by atoms with E-state index in [4.69, 9.17) is 4.74 Å². The van der Waals surface area contributed by atoms with Gasteiger partial charge in [0.05, 0.1) is 12.0 Å². The first-order valence-corrected chi connectivity index (χ1v) is 9.09. The van der Waals surface area contributed by atoms with Crippen molar-refractivity contribution in [3.63, 3.8) is 0 Å². The van der Waals surface area contributed by atoms with Crippen molar-refractivity contribution in [2.75, 3.05) is 11.9 Å². The summed E-state index contributed by atoms with van der Waals surface area (Å²) in [6, 6.07) is 21.1. The molecule has 30 heavy (non-hydrogen) atoms. The molecule has 0 aliphatic carbocycles. The van der Waals surface area contributed by atoms with E-state index >= 15 is 0 Å². The Balaban J connectivity index is 1.58. The standard InChI is InChI=1S/C23H18F3NO3/c24-23(25,26)18-10-6-7-16(13-18)14-22(29)30-15-21(28)27-20-12-5-4-11-19(20)17-8-2-1-3-9-17/h1-13H,14-15H2,(H,27,28). The maximum Gasteiger partial charge on any atom is 0.416 e. The van der Waals surface area contributed by atoms with Crippen LogP contribution in [0.1, 0.15) is 11.1 Å². The number of halogens is 3. The van der Waals surface area contributed by atoms with Gasteiger partial charge in [-0.3, -0.25) is 9.59 Å². The van der Waals surface area contributed by atoms with E-state index in [1.54, 1.807) is 12.1 Å². The molecule has 1 N–H and O–H groups in total. The predicted octanol–water partition coefficient (Wildman–Crippen LogP) is 5.10. The van der Waals surface area contributed by atoms with Gasteiger partial charge in [-0.05, 0) is 23.3 Å². The molecular weight excluding hydrogens is 395 g/mol. The second-order valence-corrected chi connectivity index (χ2v) is 6.50. The van der Waals surface area contributed by atoms with Crippen LogP contribution in [0.4, 0.5) is 18.9 Å². The molecule has 0 aromatic heterocycles. The number of benzene rings is 3. The Hall–Kier alpha value is -3.61. The fraction of sp³-hybridized carbons (Fsp3) is 0.130. The molecule has 0 atom stereocenters. The molecule has 0 unspecified atom stereocenters. The number of amides is 1. The zero-order valence-corrected chi connectivity index (χ0v) is 15.8. The van der Waals surface area contributed by atoms with Crippen LogP contribution in [0.3, 0.4) is 0 Å². The van der Waals surface area contributed by atoms with Crippen LogP contribution in [-0.2, 0) is 26.9 Å². The Bertz CT molecular complexity index is 1030. The monoisotopic (exact) mass is 413 g/mol. The number of nitrogens with one attached hydrogen (secondary N) is 1. The number of para-hydroxylation sites is 1. The second-order valence-electron chi connectivity index (χ2n) is 6.50. The molecule has 3 rings (SSSR count). The molecule has 0 aliphatic rings. The van der Waals surface area contributed by atoms with Crippen molar-refractivity contribution in [3.8, 4) is 11.1 Å². The first-order chi connectivity index (χ1) is 14.3. The van der Waals surface area contributed by atoms with Gasteiger partial charge in [-0.1, -0.05) is 66.7 Å². The lowest BCUT2D eigenvalue weighted by Gasteiger charge is -2.12. The second kappa shape index (κ2) is 9.26. The van der Waals surface area contributed by atoms with Crippen LogP contribution in [0.25, 0.3) is 11.1 Å². The number of esters is 1. The predicted molar refractivity (Wildman–Crippen MR) is 107 cm³/mol. The summed E-state index contributed by atoms with van der Waals surface area (Å²) in [5.41, 5.74) is 1.59. The van der Waals surface area contributed by atoms with Gasteiger partial charge >= 0.3 is 12.1 Å². The minimum Gasteiger partial charge on any atom is -0.455 e. The van der Waals surface area contributed by atoms with Gasteiger partial charge in [-0.25, -0.2) is 0 Å². The van der Waals surface area contributed by atoms with Gasteiger partial charge in [-0.2, -0.15) is 13.2 Å². The van der Waals surface area contributed by atoms with Crippen LogP contribution in [0, 0.1) is 0 Å². The van der Waals surface area contributed by atoms with Crippen molar-refractivity contribution in [1.29, 1.82) is 0 Å². The highest BCUT2D eigenvalue weighted by atomic mass is 19.4. The third-order valence-corrected chi connectivity index (χ3v) is 4.25. The average molecular weight is 413 g/mol. The molecule has 0 radical (unpaired) electrons. The number of ether oxygens (including phenoxy) is 1. The number of rotatable bonds is 6. The van der Waals surface area contributed by atoms with Crippen LogP contribution in [-0.4, -0.2) is 18.5 Å². The SMILES string of the molecule is O=C(COC(=O)Cc1cccc(C(F)(F)F)c1)Nc1ccccc1-c1ccccc1. The first-order valence-electron chi connectivity index (χ1n) is 9.09. The van der Waals surface area contributed by atoms with Crippen molar-refractivity contribution in [2.45, 2.75) is 12.6 Å². The fourth-order valence-electron chi connectivity index (χ4n) is 2.87. The number of hydrogen-bond donors (Lipinski definition) is 1. The number of carbonyl (C=O) groups excluding carboxylic acids is 2. The van der Waals surface area contributed by atoms with Gasteiger partial charge in [0, 0.05) is 11.3 Å². The highest BCUT2D eigenvalue weighted by Crippen LogP contribution is 2.30. The van der Waals surface area contributed by atoms with Crippen LogP contribution in [0.2, 0.25) is 0 Å². The minimum atomic E-state index is -4.49. The molecule has 0 bridgehead atoms. The summed E-state index contributed by atoms with van der Waals surface area (Å²) in [5, 5.41) is 2.69. The van der Waals surface area contributed by atoms with E-state index in [1.807, 2.05) is 42.5 Å². The van der Waals surface area contributed by atoms with Crippen LogP contribution >= 0.6 is 0 Å². The normalized spacial score (nSPS) is 11.0. The summed E-state index contributed by atoms with van der Waals surface area (Å²) < 4.78 is 43.2. The van der Waals surface area contributed by atoms with E-state index in [1.165, 1.54) is 12.1 Å². The maximum atomic E-state index is 12.8. The molecule has 3 aromatic rings. The highest BCUT2D eigenvalue weighted by molar-refractivity contribution is 5.96. The molecule has 0 spiro atoms. The molecule has 1 amide bonds. The van der Waals surface area contributed by atoms with Crippen molar-refractivity contribution in [3.05, 3.63) is 90.0 Å². The van der Waals surface area contributed by atoms with E-state index in [9.17, 15) is 22.8 Å². The Labute approximate surface area is 171 Å². The van der Waals surface area contributed by atoms with Crippen molar-refractivity contribution in [2.24, 2.45) is 0 Å². The molecule has 0 saturated carbocycles. The fourth-order valence-corrected chi connectivity index (χ4v) is 2.87. The topological polar surface area (TPSA) is 55.4 Å². The summed E-state index contributed by atoms with van der Waals surface area (Å²) in [7, 11) is 0. The lowest BCUT2D eigenvalue weighted by Crippen LogP contribution is -2.22. The number of alkyl halides is 3. The van der Waals surface area contributed by atoms with Gasteiger partial charge in [0.25, 0.3) is 5.91 Å². The van der Waals surface area contributed by atoms with Crippen LogP contribution < -0.4 is 5.32 Å². The lowest BCUT2D eigenvalue weighted by molar-refractivity contribution is -0.146. The summed E-state index contributed by atoms with van der Waals surface area (Å²) in [5.74, 6) is -1.34. The quantitative estimate of drug-likeness (QED) is 0.573. The third-order valence-electron chi connectivity index (χ3n) is 4.25. The molecule has 0 fully saturated rings. The molecule has 7 heteroatoms. The molecule has 154 valence electrons. The molecule has 0 heterocycles. The molecular formula is C23H18F3NO3. The molecule has 0 aliphatic heterocycles. The summed E-state index contributed by atoms with van der Waals surface area (Å²) in [6.07, 6.45) is -4.86. The van der Waals surface area contributed by atoms with E-state index in [0.717, 1.165) is 23.3 Å². The van der Waals surface area contributed by atoms with Crippen LogP contribution in [0.5, 0.6) is 0 Å². The third kappa shape index (κ3) is 5.70. The Morgan fingerprint density at radius 3 is 2.30 bits per heavy atom. The van der Waals surface area contributed by atoms with E-state index in [0.29, 0.717) is 5.69 Å². The number of hydrogen-bond acceptors (Lipinski definition) is 3. The zero-order chi connectivity index (χ0) is 21.6. The number of carbonyl (C=O) groups is 2. The highest BCUT2D eigenvalue weighted by Gasteiger charge is 2.30. The van der Waals surface area contributed by atoms with Crippen LogP contribution in [0.15, 0.2) is 78.9 Å². The zero-order valence-electron chi connectivity index (χ0n) is 15.8. The maximum absolute atomic E-state index is 12.8. The summed E-state index contributed by atoms with van der Waals surface area (Å²) in [6.45, 7) is -0.541. The lowest BCUT2D eigenvalue weighted by atomic mass is 10.0. The van der Waals surface area contributed by atoms with Gasteiger partial charge < -0.3 is 10.1 Å². The molecule has 0 saturated heterocycles. The van der Waals surface area contributed by atoms with Gasteiger partial charge in [0.2, 0.25) is 0 Å². The Morgan fingerprint density at radius 2 is 1.57 bits per heavy atom. The van der Waals surface area contributed by atoms with E-state index in [2.05, 4.69) is 5.32 Å². The molecule has 3 aromatic carbocycles. The molecule has 4 nitrogen and oxygen atoms in total. The van der Waals surface area contributed by atoms with E-state index in [-0.39, 0.29) is 12.0 Å². The first kappa shape index (κ1) is 21.1. The average Bonchev–Trinajstić information content (AvgIpc) is 2.73. The van der Waals surface area contributed by atoms with Gasteiger partial charge in [-0.15, -0.1) is 0 Å². The largest absolute Gasteiger partial charge is 0.455 e. The van der Waals surface area contributed by atoms with Crippen molar-refractivity contribution < 1.29 is 27.5 Å². The summed E-state index contributed by atoms with van der Waals surface area (Å²) >= 11 is 0. The minimum absolute atomic E-state index is 0.157. The Kier molecular flexibility index (Phi) is 6.51. The number of anilines is 1. The summed E-state index contributed by atoms with van der Waals surface area (Å²) in [4.78, 5) is 24.1. The Morgan fingerprint density at radius 1 is 0.867 bits per heavy atom. The van der Waals surface area contributed by atoms with Gasteiger partial charge in [0.15, 0.2) is 6.61 Å². The van der Waals surface area contributed by atoms with Gasteiger partial charge in [0.1, 0.15) is 0 Å². The smallest absolute Gasteiger partial charge is 0.416 e. The van der Waals surface area contributed by atoms with E-state index < -0.39 is 30.2 Å².